The molecule has 0 N–H and O–H groups in total. The lowest BCUT2D eigenvalue weighted by atomic mass is 9.99. The van der Waals surface area contributed by atoms with Gasteiger partial charge in [-0.2, -0.15) is 8.78 Å². The molecule has 5 rings (SSSR count). The Balaban J connectivity index is 1.30. The summed E-state index contributed by atoms with van der Waals surface area (Å²) >= 11 is 0. The molecule has 0 heterocycles. The van der Waals surface area contributed by atoms with Crippen LogP contribution in [0.1, 0.15) is 24.5 Å². The zero-order valence-electron chi connectivity index (χ0n) is 25.0. The van der Waals surface area contributed by atoms with Crippen molar-refractivity contribution in [2.75, 3.05) is 0 Å². The molecule has 248 valence electrons. The molecule has 0 spiro atoms. The molecule has 5 aromatic carbocycles. The fourth-order valence-corrected chi connectivity index (χ4v) is 5.02. The Labute approximate surface area is 269 Å². The number of hydrogen-bond acceptors (Lipinski definition) is 2. The van der Waals surface area contributed by atoms with Gasteiger partial charge in [0.2, 0.25) is 0 Å². The van der Waals surface area contributed by atoms with Gasteiger partial charge in [-0.05, 0) is 95.6 Å². The molecular formula is C37H25F9O2. The summed E-state index contributed by atoms with van der Waals surface area (Å²) in [4.78, 5) is 0. The van der Waals surface area contributed by atoms with Crippen LogP contribution in [0.25, 0.3) is 33.4 Å². The second-order valence-corrected chi connectivity index (χ2v) is 10.7. The molecule has 2 nitrogen and oxygen atoms in total. The summed E-state index contributed by atoms with van der Waals surface area (Å²) in [5.41, 5.74) is 0.387. The highest BCUT2D eigenvalue weighted by Gasteiger charge is 2.41. The van der Waals surface area contributed by atoms with Crippen molar-refractivity contribution in [3.8, 4) is 44.9 Å². The van der Waals surface area contributed by atoms with Gasteiger partial charge in [-0.1, -0.05) is 66.7 Å². The van der Waals surface area contributed by atoms with Crippen molar-refractivity contribution in [1.29, 1.82) is 0 Å². The number of benzene rings is 5. The van der Waals surface area contributed by atoms with Gasteiger partial charge in [0.15, 0.2) is 11.6 Å². The Morgan fingerprint density at radius 1 is 0.562 bits per heavy atom. The van der Waals surface area contributed by atoms with E-state index in [4.69, 9.17) is 4.74 Å². The molecule has 0 aliphatic heterocycles. The predicted octanol–water partition coefficient (Wildman–Crippen LogP) is 11.8. The summed E-state index contributed by atoms with van der Waals surface area (Å²) in [7, 11) is 0. The highest BCUT2D eigenvalue weighted by molar-refractivity contribution is 5.72. The van der Waals surface area contributed by atoms with E-state index in [1.807, 2.05) is 19.1 Å². The fourth-order valence-electron chi connectivity index (χ4n) is 5.02. The van der Waals surface area contributed by atoms with Crippen LogP contribution >= 0.6 is 0 Å². The highest BCUT2D eigenvalue weighted by Crippen LogP contribution is 2.38. The molecule has 0 aliphatic carbocycles. The van der Waals surface area contributed by atoms with E-state index in [9.17, 15) is 30.7 Å². The number of aryl methyl sites for hydroxylation is 1. The number of hydrogen-bond donors (Lipinski definition) is 0. The highest BCUT2D eigenvalue weighted by atomic mass is 19.4. The summed E-state index contributed by atoms with van der Waals surface area (Å²) in [6.45, 7) is 1.91. The minimum atomic E-state index is -5.11. The van der Waals surface area contributed by atoms with Crippen molar-refractivity contribution >= 4 is 0 Å². The lowest BCUT2D eigenvalue weighted by Gasteiger charge is -2.20. The normalized spacial score (nSPS) is 12.0. The number of allylic oxidation sites excluding steroid dienone is 2. The molecule has 0 saturated carbocycles. The monoisotopic (exact) mass is 672 g/mol. The largest absolute Gasteiger partial charge is 0.573 e. The van der Waals surface area contributed by atoms with Gasteiger partial charge in [0, 0.05) is 5.56 Å². The Morgan fingerprint density at radius 3 is 1.69 bits per heavy atom. The summed E-state index contributed by atoms with van der Waals surface area (Å²) in [5.74, 6) is -6.71. The summed E-state index contributed by atoms with van der Waals surface area (Å²) in [5, 5.41) is 0. The molecular weight excluding hydrogens is 647 g/mol. The number of alkyl halides is 5. The van der Waals surface area contributed by atoms with Gasteiger partial charge in [-0.3, -0.25) is 0 Å². The second kappa shape index (κ2) is 13.9. The SMILES string of the molecule is C/C=C/CCc1ccc(-c2cc(F)c(C(F)(F)Oc3ccc(-c4ccc(-c5ccc(OC(F)(F)F)c(F)c5)c(F)c4)cc3)c(F)c2)cc1. The van der Waals surface area contributed by atoms with Crippen LogP contribution in [-0.4, -0.2) is 6.36 Å². The molecule has 0 radical (unpaired) electrons. The minimum Gasteiger partial charge on any atom is -0.429 e. The first kappa shape index (κ1) is 34.2. The smallest absolute Gasteiger partial charge is 0.429 e. The molecule has 0 bridgehead atoms. The third kappa shape index (κ3) is 8.02. The molecule has 0 saturated heterocycles. The Morgan fingerprint density at radius 2 is 1.10 bits per heavy atom. The third-order valence-electron chi connectivity index (χ3n) is 7.33. The molecule has 0 amide bonds. The fraction of sp³-hybridized carbons (Fsp3) is 0.135. The van der Waals surface area contributed by atoms with E-state index in [1.165, 1.54) is 24.3 Å². The van der Waals surface area contributed by atoms with Crippen LogP contribution in [0.3, 0.4) is 0 Å². The zero-order chi connectivity index (χ0) is 34.6. The predicted molar refractivity (Wildman–Crippen MR) is 163 cm³/mol. The van der Waals surface area contributed by atoms with Gasteiger partial charge in [0.25, 0.3) is 0 Å². The van der Waals surface area contributed by atoms with Crippen molar-refractivity contribution in [2.24, 2.45) is 0 Å². The standard InChI is InChI=1S/C37H25F9O2/c1-2-3-4-5-22-6-8-24(9-7-22)27-20-32(40)35(33(41)21-27)36(42,43)47-28-14-10-23(11-15-28)25-12-16-29(30(38)18-25)26-13-17-34(31(39)19-26)48-37(44,45)46/h2-3,6-21H,4-5H2,1H3/b3-2+. The maximum Gasteiger partial charge on any atom is 0.573 e. The van der Waals surface area contributed by atoms with Gasteiger partial charge in [0.1, 0.15) is 28.8 Å². The first-order valence-electron chi connectivity index (χ1n) is 14.5. The Kier molecular flexibility index (Phi) is 9.88. The van der Waals surface area contributed by atoms with E-state index in [-0.39, 0.29) is 22.3 Å². The zero-order valence-corrected chi connectivity index (χ0v) is 25.0. The van der Waals surface area contributed by atoms with Crippen molar-refractivity contribution < 1.29 is 49.0 Å². The number of halogens is 9. The summed E-state index contributed by atoms with van der Waals surface area (Å²) in [6, 6.07) is 19.6. The lowest BCUT2D eigenvalue weighted by Crippen LogP contribution is -2.25. The van der Waals surface area contributed by atoms with Crippen molar-refractivity contribution in [3.63, 3.8) is 0 Å². The van der Waals surface area contributed by atoms with Crippen LogP contribution in [-0.2, 0) is 12.5 Å². The van der Waals surface area contributed by atoms with Gasteiger partial charge >= 0.3 is 12.5 Å². The summed E-state index contributed by atoms with van der Waals surface area (Å²) < 4.78 is 135. The quantitative estimate of drug-likeness (QED) is 0.109. The number of ether oxygens (including phenoxy) is 2. The van der Waals surface area contributed by atoms with Crippen LogP contribution in [0.4, 0.5) is 39.5 Å². The van der Waals surface area contributed by atoms with Crippen LogP contribution in [0.5, 0.6) is 11.5 Å². The third-order valence-corrected chi connectivity index (χ3v) is 7.33. The van der Waals surface area contributed by atoms with E-state index < -0.39 is 52.8 Å². The molecule has 0 aromatic heterocycles. The maximum absolute atomic E-state index is 15.1. The molecule has 11 heteroatoms. The van der Waals surface area contributed by atoms with E-state index >= 15 is 8.78 Å². The van der Waals surface area contributed by atoms with Crippen LogP contribution in [0.2, 0.25) is 0 Å². The van der Waals surface area contributed by atoms with Crippen molar-refractivity contribution in [3.05, 3.63) is 144 Å². The second-order valence-electron chi connectivity index (χ2n) is 10.7. The van der Waals surface area contributed by atoms with Crippen LogP contribution < -0.4 is 9.47 Å². The topological polar surface area (TPSA) is 18.5 Å². The summed E-state index contributed by atoms with van der Waals surface area (Å²) in [6.07, 6.45) is -3.96. The van der Waals surface area contributed by atoms with Crippen molar-refractivity contribution in [2.45, 2.75) is 32.2 Å². The molecule has 0 unspecified atom stereocenters. The minimum absolute atomic E-state index is 0.0573. The number of rotatable bonds is 10. The van der Waals surface area contributed by atoms with Gasteiger partial charge < -0.3 is 9.47 Å². The maximum atomic E-state index is 15.1. The van der Waals surface area contributed by atoms with E-state index in [2.05, 4.69) is 4.74 Å². The average molecular weight is 673 g/mol. The molecule has 0 aliphatic rings. The molecule has 0 atom stereocenters. The van der Waals surface area contributed by atoms with Gasteiger partial charge in [0.05, 0.1) is 0 Å². The van der Waals surface area contributed by atoms with Crippen molar-refractivity contribution in [1.82, 2.24) is 0 Å². The van der Waals surface area contributed by atoms with Gasteiger partial charge in [-0.25, -0.2) is 17.6 Å². The Hall–Kier alpha value is -5.19. The first-order chi connectivity index (χ1) is 22.7. The Bertz CT molecular complexity index is 1910. The first-order valence-corrected chi connectivity index (χ1v) is 14.5. The molecule has 48 heavy (non-hydrogen) atoms. The van der Waals surface area contributed by atoms with E-state index in [0.717, 1.165) is 60.9 Å². The molecule has 5 aromatic rings. The lowest BCUT2D eigenvalue weighted by molar-refractivity contribution is -0.275. The van der Waals surface area contributed by atoms with Crippen LogP contribution in [0.15, 0.2) is 109 Å². The van der Waals surface area contributed by atoms with Gasteiger partial charge in [-0.15, -0.1) is 13.2 Å². The molecule has 0 fully saturated rings. The van der Waals surface area contributed by atoms with E-state index in [0.29, 0.717) is 17.2 Å². The average Bonchev–Trinajstić information content (AvgIpc) is 3.01. The van der Waals surface area contributed by atoms with Crippen LogP contribution in [0, 0.1) is 23.3 Å². The van der Waals surface area contributed by atoms with E-state index in [1.54, 1.807) is 24.3 Å².